The highest BCUT2D eigenvalue weighted by atomic mass is 16.3. The molecule has 0 fully saturated rings. The van der Waals surface area contributed by atoms with Crippen molar-refractivity contribution in [3.8, 4) is 0 Å². The Labute approximate surface area is 66.2 Å². The zero-order chi connectivity index (χ0) is 8.32. The first kappa shape index (κ1) is 8.08. The van der Waals surface area contributed by atoms with Gasteiger partial charge in [0.25, 0.3) is 0 Å². The fourth-order valence-electron chi connectivity index (χ4n) is 0.838. The number of hydrogen-bond donors (Lipinski definition) is 1. The van der Waals surface area contributed by atoms with Crippen LogP contribution in [-0.2, 0) is 6.42 Å². The van der Waals surface area contributed by atoms with Gasteiger partial charge >= 0.3 is 0 Å². The molecule has 0 spiro atoms. The van der Waals surface area contributed by atoms with Gasteiger partial charge in [0.1, 0.15) is 5.76 Å². The molecule has 0 aromatic carbocycles. The van der Waals surface area contributed by atoms with Crippen molar-refractivity contribution in [1.82, 2.24) is 0 Å². The molecule has 0 radical (unpaired) electrons. The van der Waals surface area contributed by atoms with E-state index in [1.54, 1.807) is 19.3 Å². The first-order valence-electron chi connectivity index (χ1n) is 3.52. The van der Waals surface area contributed by atoms with Crippen LogP contribution >= 0.6 is 0 Å². The molecule has 2 heteroatoms. The third-order valence-corrected chi connectivity index (χ3v) is 1.55. The first-order valence-corrected chi connectivity index (χ1v) is 3.52. The van der Waals surface area contributed by atoms with Gasteiger partial charge in [0, 0.05) is 6.42 Å². The molecule has 0 saturated heterocycles. The van der Waals surface area contributed by atoms with Gasteiger partial charge in [0.05, 0.1) is 11.9 Å². The van der Waals surface area contributed by atoms with Gasteiger partial charge in [-0.2, -0.15) is 0 Å². The second kappa shape index (κ2) is 2.93. The standard InChI is InChI=1S/C9H12O2/c1-3-9(2,10)7-8-5-4-6-11-8/h3-6,10H,1,7H2,2H3. The zero-order valence-corrected chi connectivity index (χ0v) is 6.58. The minimum absolute atomic E-state index is 0.476. The maximum Gasteiger partial charge on any atom is 0.106 e. The highest BCUT2D eigenvalue weighted by molar-refractivity contribution is 5.06. The quantitative estimate of drug-likeness (QED) is 0.669. The molecule has 1 unspecified atom stereocenters. The molecule has 1 aromatic rings. The van der Waals surface area contributed by atoms with E-state index in [4.69, 9.17) is 4.42 Å². The van der Waals surface area contributed by atoms with Crippen molar-refractivity contribution in [1.29, 1.82) is 0 Å². The average molecular weight is 152 g/mol. The van der Waals surface area contributed by atoms with Gasteiger partial charge in [-0.15, -0.1) is 6.58 Å². The normalized spacial score (nSPS) is 15.8. The predicted molar refractivity (Wildman–Crippen MR) is 43.2 cm³/mol. The molecule has 1 heterocycles. The Morgan fingerprint density at radius 3 is 3.00 bits per heavy atom. The van der Waals surface area contributed by atoms with Crippen molar-refractivity contribution in [3.63, 3.8) is 0 Å². The van der Waals surface area contributed by atoms with E-state index in [1.165, 1.54) is 6.08 Å². The molecule has 0 aliphatic rings. The Hall–Kier alpha value is -1.02. The maximum atomic E-state index is 9.52. The number of hydrogen-bond acceptors (Lipinski definition) is 2. The molecule has 1 aromatic heterocycles. The zero-order valence-electron chi connectivity index (χ0n) is 6.58. The molecule has 2 nitrogen and oxygen atoms in total. The van der Waals surface area contributed by atoms with E-state index >= 15 is 0 Å². The second-order valence-electron chi connectivity index (χ2n) is 2.82. The lowest BCUT2D eigenvalue weighted by Gasteiger charge is -2.15. The van der Waals surface area contributed by atoms with Gasteiger partial charge in [-0.05, 0) is 19.1 Å². The molecule has 0 amide bonds. The summed E-state index contributed by atoms with van der Waals surface area (Å²) in [6, 6.07) is 3.63. The smallest absolute Gasteiger partial charge is 0.106 e. The van der Waals surface area contributed by atoms with Crippen LogP contribution in [0.15, 0.2) is 35.5 Å². The number of furan rings is 1. The molecule has 0 aliphatic heterocycles. The van der Waals surface area contributed by atoms with Crippen LogP contribution in [0.1, 0.15) is 12.7 Å². The van der Waals surface area contributed by atoms with E-state index in [-0.39, 0.29) is 0 Å². The fourth-order valence-corrected chi connectivity index (χ4v) is 0.838. The van der Waals surface area contributed by atoms with Gasteiger partial charge in [0.15, 0.2) is 0 Å². The van der Waals surface area contributed by atoms with Gasteiger partial charge < -0.3 is 9.52 Å². The summed E-state index contributed by atoms with van der Waals surface area (Å²) in [6.45, 7) is 5.22. The Bertz CT molecular complexity index is 222. The monoisotopic (exact) mass is 152 g/mol. The summed E-state index contributed by atoms with van der Waals surface area (Å²) in [4.78, 5) is 0. The van der Waals surface area contributed by atoms with E-state index in [2.05, 4.69) is 6.58 Å². The number of aliphatic hydroxyl groups is 1. The summed E-state index contributed by atoms with van der Waals surface area (Å²) in [7, 11) is 0. The van der Waals surface area contributed by atoms with Gasteiger partial charge in [0.2, 0.25) is 0 Å². The van der Waals surface area contributed by atoms with Crippen LogP contribution in [0.3, 0.4) is 0 Å². The highest BCUT2D eigenvalue weighted by Crippen LogP contribution is 2.13. The minimum Gasteiger partial charge on any atom is -0.469 e. The van der Waals surface area contributed by atoms with E-state index in [1.807, 2.05) is 6.07 Å². The molecule has 1 N–H and O–H groups in total. The fraction of sp³-hybridized carbons (Fsp3) is 0.333. The minimum atomic E-state index is -0.863. The van der Waals surface area contributed by atoms with E-state index < -0.39 is 5.60 Å². The molecule has 0 bridgehead atoms. The van der Waals surface area contributed by atoms with E-state index in [0.29, 0.717) is 6.42 Å². The Morgan fingerprint density at radius 1 is 1.82 bits per heavy atom. The van der Waals surface area contributed by atoms with Crippen molar-refractivity contribution in [2.45, 2.75) is 18.9 Å². The van der Waals surface area contributed by atoms with E-state index in [0.717, 1.165) is 5.76 Å². The lowest BCUT2D eigenvalue weighted by Crippen LogP contribution is -2.23. The van der Waals surface area contributed by atoms with Crippen molar-refractivity contribution in [2.75, 3.05) is 0 Å². The first-order chi connectivity index (χ1) is 5.14. The highest BCUT2D eigenvalue weighted by Gasteiger charge is 2.17. The topological polar surface area (TPSA) is 33.4 Å². The molecule has 60 valence electrons. The largest absolute Gasteiger partial charge is 0.469 e. The molecular formula is C9H12O2. The second-order valence-corrected chi connectivity index (χ2v) is 2.82. The van der Waals surface area contributed by atoms with Crippen molar-refractivity contribution < 1.29 is 9.52 Å². The Balaban J connectivity index is 2.63. The molecule has 11 heavy (non-hydrogen) atoms. The molecule has 0 saturated carbocycles. The van der Waals surface area contributed by atoms with Crippen LogP contribution in [0.5, 0.6) is 0 Å². The Morgan fingerprint density at radius 2 is 2.55 bits per heavy atom. The van der Waals surface area contributed by atoms with Crippen molar-refractivity contribution in [3.05, 3.63) is 36.8 Å². The predicted octanol–water partition coefficient (Wildman–Crippen LogP) is 1.76. The Kier molecular flexibility index (Phi) is 2.15. The van der Waals surface area contributed by atoms with Crippen LogP contribution in [0, 0.1) is 0 Å². The molecule has 1 rings (SSSR count). The van der Waals surface area contributed by atoms with Crippen molar-refractivity contribution >= 4 is 0 Å². The van der Waals surface area contributed by atoms with Crippen LogP contribution in [0.25, 0.3) is 0 Å². The van der Waals surface area contributed by atoms with Gasteiger partial charge in [-0.3, -0.25) is 0 Å². The summed E-state index contributed by atoms with van der Waals surface area (Å²) >= 11 is 0. The van der Waals surface area contributed by atoms with Crippen LogP contribution in [0.2, 0.25) is 0 Å². The summed E-state index contributed by atoms with van der Waals surface area (Å²) in [5.41, 5.74) is -0.863. The average Bonchev–Trinajstić information content (AvgIpc) is 2.39. The van der Waals surface area contributed by atoms with Crippen molar-refractivity contribution in [2.24, 2.45) is 0 Å². The third kappa shape index (κ3) is 2.24. The van der Waals surface area contributed by atoms with Crippen LogP contribution in [-0.4, -0.2) is 10.7 Å². The molecule has 1 atom stereocenters. The van der Waals surface area contributed by atoms with E-state index in [9.17, 15) is 5.11 Å². The number of rotatable bonds is 3. The van der Waals surface area contributed by atoms with Crippen LogP contribution in [0.4, 0.5) is 0 Å². The SMILES string of the molecule is C=CC(C)(O)Cc1ccco1. The molecule has 0 aliphatic carbocycles. The van der Waals surface area contributed by atoms with Gasteiger partial charge in [-0.1, -0.05) is 6.08 Å². The summed E-state index contributed by atoms with van der Waals surface area (Å²) in [6.07, 6.45) is 3.58. The van der Waals surface area contributed by atoms with Crippen LogP contribution < -0.4 is 0 Å². The summed E-state index contributed by atoms with van der Waals surface area (Å²) in [5.74, 6) is 0.773. The lowest BCUT2D eigenvalue weighted by atomic mass is 10.0. The van der Waals surface area contributed by atoms with Gasteiger partial charge in [-0.25, -0.2) is 0 Å². The lowest BCUT2D eigenvalue weighted by molar-refractivity contribution is 0.106. The third-order valence-electron chi connectivity index (χ3n) is 1.55. The molecular weight excluding hydrogens is 140 g/mol. The maximum absolute atomic E-state index is 9.52. The summed E-state index contributed by atoms with van der Waals surface area (Å²) < 4.78 is 5.06. The summed E-state index contributed by atoms with van der Waals surface area (Å²) in [5, 5.41) is 9.52.